The monoisotopic (exact) mass is 1880 g/mol. The van der Waals surface area contributed by atoms with Crippen molar-refractivity contribution in [3.8, 4) is 23.0 Å². The Labute approximate surface area is 830 Å². The molecule has 0 N–H and O–H groups in total. The molecule has 0 fully saturated rings. The summed E-state index contributed by atoms with van der Waals surface area (Å²) in [6, 6.07) is 47.3. The molecule has 8 aromatic carbocycles. The maximum atomic E-state index is 13.0. The highest BCUT2D eigenvalue weighted by molar-refractivity contribution is 5.93. The van der Waals surface area contributed by atoms with Crippen LogP contribution in [0.5, 0.6) is 23.0 Å². The van der Waals surface area contributed by atoms with Crippen LogP contribution in [0.1, 0.15) is 478 Å². The van der Waals surface area contributed by atoms with Crippen molar-refractivity contribution in [1.82, 2.24) is 0 Å². The van der Waals surface area contributed by atoms with Crippen LogP contribution in [-0.4, -0.2) is 62.6 Å². The average Bonchev–Trinajstić information content (AvgIpc) is 1.60. The zero-order valence-corrected chi connectivity index (χ0v) is 88.3. The Hall–Kier alpha value is -9.95. The fourth-order valence-electron chi connectivity index (χ4n) is 20.1. The molecule has 4 aliphatic rings. The maximum absolute atomic E-state index is 13.0. The number of rotatable bonds is 52. The number of hydrogen-bond donors (Lipinski definition) is 0. The first-order valence-corrected chi connectivity index (χ1v) is 53.3. The Balaban J connectivity index is 0.000000207. The fourth-order valence-corrected chi connectivity index (χ4v) is 20.1. The molecule has 4 aliphatic heterocycles. The SMILES string of the molecule is CCCCCCCCCCCCCCCCC(C)c1cc(C)cc2c1OC(=O)C2c1ccc(C)c(C)c1.CCCCCCCCCCCCCCCCCCOC(=O)CCc1ccc2c(c1)C(c1ccccc1)C(=O)O2.COC(=O)CCCC(C)(C)c1cc(C(C)C)c2c(c1)C(c1cc(C)ccc1C)C(=O)O2.COC(=O)CCCC(C)(C)c1cc(C(C)C)c2c(c1)C(c1ccc(C)c(C)c1)C(=O)O2. The fraction of sp³-hybridized carbons (Fsp3) is 0.556. The van der Waals surface area contributed by atoms with E-state index in [1.807, 2.05) is 68.4 Å². The van der Waals surface area contributed by atoms with E-state index in [1.54, 1.807) is 0 Å². The van der Waals surface area contributed by atoms with Crippen LogP contribution in [0.4, 0.5) is 0 Å². The summed E-state index contributed by atoms with van der Waals surface area (Å²) >= 11 is 0. The summed E-state index contributed by atoms with van der Waals surface area (Å²) in [6.45, 7) is 39.3. The maximum Gasteiger partial charge on any atom is 0.323 e. The molecule has 0 amide bonds. The zero-order chi connectivity index (χ0) is 100. The molecule has 14 nitrogen and oxygen atoms in total. The number of benzene rings is 8. The van der Waals surface area contributed by atoms with Crippen LogP contribution < -0.4 is 18.9 Å². The summed E-state index contributed by atoms with van der Waals surface area (Å²) in [5, 5.41) is 0. The van der Waals surface area contributed by atoms with Crippen LogP contribution in [0, 0.1) is 48.5 Å². The van der Waals surface area contributed by atoms with Crippen LogP contribution in [0.2, 0.25) is 0 Å². The number of unbranched alkanes of at least 4 members (excludes halogenated alkanes) is 28. The smallest absolute Gasteiger partial charge is 0.323 e. The van der Waals surface area contributed by atoms with Gasteiger partial charge in [-0.1, -0.05) is 407 Å². The van der Waals surface area contributed by atoms with Crippen LogP contribution in [0.15, 0.2) is 140 Å². The van der Waals surface area contributed by atoms with E-state index >= 15 is 0 Å². The summed E-state index contributed by atoms with van der Waals surface area (Å²) in [7, 11) is 2.85. The number of carbonyl (C=O) groups excluding carboxylic acids is 7. The summed E-state index contributed by atoms with van der Waals surface area (Å²) in [5.41, 5.74) is 22.5. The second kappa shape index (κ2) is 56.5. The minimum absolute atomic E-state index is 0.131. The Morgan fingerprint density at radius 2 is 0.725 bits per heavy atom. The van der Waals surface area contributed by atoms with Crippen molar-refractivity contribution in [3.05, 3.63) is 256 Å². The molecular formula is C124H170O14. The predicted molar refractivity (Wildman–Crippen MR) is 563 cm³/mol. The molecule has 0 spiro atoms. The molecule has 5 atom stereocenters. The lowest BCUT2D eigenvalue weighted by Gasteiger charge is -2.28. The normalized spacial score (nSPS) is 15.3. The molecular weight excluding hydrogens is 1710 g/mol. The molecule has 5 unspecified atom stereocenters. The Morgan fingerprint density at radius 1 is 0.333 bits per heavy atom. The molecule has 0 aromatic heterocycles. The number of methoxy groups -OCH3 is 2. The highest BCUT2D eigenvalue weighted by Crippen LogP contribution is 2.51. The summed E-state index contributed by atoms with van der Waals surface area (Å²) in [6.07, 6.45) is 46.9. The molecule has 14 heteroatoms. The third-order valence-corrected chi connectivity index (χ3v) is 29.3. The van der Waals surface area contributed by atoms with Crippen molar-refractivity contribution >= 4 is 41.8 Å². The number of aryl methyl sites for hydroxylation is 8. The van der Waals surface area contributed by atoms with Gasteiger partial charge in [0.2, 0.25) is 0 Å². The molecule has 4 heterocycles. The highest BCUT2D eigenvalue weighted by atomic mass is 16.6. The quantitative estimate of drug-likeness (QED) is 0.0152. The molecule has 8 aromatic rings. The Morgan fingerprint density at radius 3 is 1.17 bits per heavy atom. The summed E-state index contributed by atoms with van der Waals surface area (Å²) < 4.78 is 38.1. The minimum atomic E-state index is -0.405. The summed E-state index contributed by atoms with van der Waals surface area (Å²) in [4.78, 5) is 86.8. The van der Waals surface area contributed by atoms with E-state index in [4.69, 9.17) is 33.2 Å². The van der Waals surface area contributed by atoms with E-state index in [0.717, 1.165) is 135 Å². The van der Waals surface area contributed by atoms with E-state index in [9.17, 15) is 33.6 Å². The third-order valence-electron chi connectivity index (χ3n) is 29.3. The minimum Gasteiger partial charge on any atom is -0.469 e. The van der Waals surface area contributed by atoms with Gasteiger partial charge in [-0.3, -0.25) is 33.6 Å². The zero-order valence-electron chi connectivity index (χ0n) is 88.3. The van der Waals surface area contributed by atoms with Crippen molar-refractivity contribution in [1.29, 1.82) is 0 Å². The molecule has 0 aliphatic carbocycles. The topological polar surface area (TPSA) is 184 Å². The molecule has 0 saturated carbocycles. The first-order valence-electron chi connectivity index (χ1n) is 53.3. The van der Waals surface area contributed by atoms with Crippen molar-refractivity contribution < 1.29 is 66.7 Å². The second-order valence-electron chi connectivity index (χ2n) is 42.2. The van der Waals surface area contributed by atoms with E-state index in [1.165, 1.54) is 239 Å². The van der Waals surface area contributed by atoms with E-state index in [2.05, 4.69) is 196 Å². The molecule has 0 radical (unpaired) electrons. The standard InChI is InChI=1S/C35H50O4.C35H52O2.2C27H34O4/c1-2-3-4-5-6-7-8-9-10-11-12-13-14-15-16-20-27-38-33(36)26-24-29-23-25-32-31(28-29)34(35(37)39-32)30-21-18-17-19-22-30;1-6-7-8-9-10-11-12-13-14-15-16-17-18-19-20-28(4)31-23-26(2)24-32-33(35(36)37-34(31)32)30-22-21-27(3)29(5)25-30;1-16(2)21-14-20(27(5,6)12-8-9-23(28)30-7)15-22-24(26(29)31-25(21)22)19-11-10-17(3)18(4)13-19;1-16(2)20-14-19(27(5,6)12-8-9-23(28)30-7)15-22-24(26(29)31-25(20)22)21-13-17(3)10-11-18(21)4/h17-19,21-23,25,28,34H,2-16,20,24,26-27H2,1H3;21-25,28,33H,6-20H2,1-5H3;2*10-11,13-16,24H,8-9,12H2,1-7H3. The molecule has 12 rings (SSSR count). The first-order chi connectivity index (χ1) is 66.2. The lowest BCUT2D eigenvalue weighted by atomic mass is 9.76. The predicted octanol–water partition coefficient (Wildman–Crippen LogP) is 32.3. The van der Waals surface area contributed by atoms with Crippen molar-refractivity contribution in [2.24, 2.45) is 0 Å². The number of hydrogen-bond acceptors (Lipinski definition) is 14. The lowest BCUT2D eigenvalue weighted by Crippen LogP contribution is -2.19. The van der Waals surface area contributed by atoms with Crippen LogP contribution >= 0.6 is 0 Å². The van der Waals surface area contributed by atoms with Crippen molar-refractivity contribution in [3.63, 3.8) is 0 Å². The molecule has 0 bridgehead atoms. The Bertz CT molecular complexity index is 5250. The van der Waals surface area contributed by atoms with Gasteiger partial charge in [0.05, 0.1) is 20.8 Å². The van der Waals surface area contributed by atoms with Gasteiger partial charge in [-0.15, -0.1) is 0 Å². The Kier molecular flexibility index (Phi) is 45.7. The second-order valence-corrected chi connectivity index (χ2v) is 42.2. The van der Waals surface area contributed by atoms with Gasteiger partial charge in [0.1, 0.15) is 46.7 Å². The van der Waals surface area contributed by atoms with Gasteiger partial charge in [-0.25, -0.2) is 0 Å². The molecule has 0 saturated heterocycles. The van der Waals surface area contributed by atoms with Gasteiger partial charge in [-0.05, 0) is 212 Å². The van der Waals surface area contributed by atoms with Crippen LogP contribution in [0.25, 0.3) is 0 Å². The number of fused-ring (bicyclic) bond motifs is 4. The molecule has 750 valence electrons. The van der Waals surface area contributed by atoms with Crippen LogP contribution in [-0.2, 0) is 65.0 Å². The van der Waals surface area contributed by atoms with Gasteiger partial charge in [0.25, 0.3) is 0 Å². The third kappa shape index (κ3) is 33.1. The number of carbonyl (C=O) groups is 7. The highest BCUT2D eigenvalue weighted by Gasteiger charge is 2.43. The lowest BCUT2D eigenvalue weighted by molar-refractivity contribution is -0.144. The van der Waals surface area contributed by atoms with E-state index in [-0.39, 0.29) is 70.4 Å². The first kappa shape index (κ1) is 112. The van der Waals surface area contributed by atoms with Gasteiger partial charge >= 0.3 is 41.8 Å². The van der Waals surface area contributed by atoms with Gasteiger partial charge in [0.15, 0.2) is 0 Å². The van der Waals surface area contributed by atoms with Crippen molar-refractivity contribution in [2.45, 2.75) is 427 Å². The van der Waals surface area contributed by atoms with Gasteiger partial charge < -0.3 is 33.2 Å². The van der Waals surface area contributed by atoms with E-state index < -0.39 is 17.8 Å². The number of esters is 7. The largest absolute Gasteiger partial charge is 0.469 e. The summed E-state index contributed by atoms with van der Waals surface area (Å²) in [5.74, 6) is 0.935. The van der Waals surface area contributed by atoms with Gasteiger partial charge in [0, 0.05) is 41.5 Å². The van der Waals surface area contributed by atoms with E-state index in [0.29, 0.717) is 44.0 Å². The van der Waals surface area contributed by atoms with Crippen molar-refractivity contribution in [2.75, 3.05) is 20.8 Å². The number of ether oxygens (including phenoxy) is 7. The molecule has 138 heavy (non-hydrogen) atoms. The van der Waals surface area contributed by atoms with Gasteiger partial charge in [-0.2, -0.15) is 0 Å². The van der Waals surface area contributed by atoms with Crippen LogP contribution in [0.3, 0.4) is 0 Å². The average molecular weight is 1880 g/mol.